The van der Waals surface area contributed by atoms with Gasteiger partial charge < -0.3 is 15.4 Å². The number of anilines is 1. The van der Waals surface area contributed by atoms with E-state index in [0.717, 1.165) is 15.8 Å². The fourth-order valence-corrected chi connectivity index (χ4v) is 3.94. The Balaban J connectivity index is 1.53. The van der Waals surface area contributed by atoms with E-state index in [1.807, 2.05) is 31.2 Å². The molecule has 0 radical (unpaired) electrons. The molecule has 0 fully saturated rings. The first-order valence-corrected chi connectivity index (χ1v) is 10.6. The molecule has 1 amide bonds. The number of halogens is 3. The highest BCUT2D eigenvalue weighted by Crippen LogP contribution is 2.44. The fraction of sp³-hybridized carbons (Fsp3) is 0.333. The Kier molecular flexibility index (Phi) is 6.31. The smallest absolute Gasteiger partial charge is 0.410 e. The number of ether oxygens (including phenoxy) is 1. The molecule has 0 saturated heterocycles. The second kappa shape index (κ2) is 9.17. The van der Waals surface area contributed by atoms with E-state index in [2.05, 4.69) is 15.7 Å². The monoisotopic (exact) mass is 458 g/mol. The van der Waals surface area contributed by atoms with Crippen LogP contribution in [0, 0.1) is 6.92 Å². The van der Waals surface area contributed by atoms with E-state index in [0.29, 0.717) is 23.4 Å². The zero-order valence-corrected chi connectivity index (χ0v) is 18.3. The Morgan fingerprint density at radius 2 is 1.88 bits per heavy atom. The molecule has 1 aliphatic rings. The Morgan fingerprint density at radius 3 is 2.52 bits per heavy atom. The molecule has 0 unspecified atom stereocenters. The molecular weight excluding hydrogens is 433 g/mol. The molecule has 2 N–H and O–H groups in total. The number of rotatable bonds is 6. The van der Waals surface area contributed by atoms with E-state index in [4.69, 9.17) is 4.74 Å². The maximum Gasteiger partial charge on any atom is 0.410 e. The van der Waals surface area contributed by atoms with Gasteiger partial charge in [-0.25, -0.2) is 4.68 Å². The number of nitrogens with zero attached hydrogens (tertiary/aromatic N) is 2. The van der Waals surface area contributed by atoms with Crippen molar-refractivity contribution in [2.45, 2.75) is 44.6 Å². The second-order valence-corrected chi connectivity index (χ2v) is 8.17. The zero-order chi connectivity index (χ0) is 23.6. The van der Waals surface area contributed by atoms with Gasteiger partial charge in [0.15, 0.2) is 6.04 Å². The van der Waals surface area contributed by atoms with Crippen LogP contribution in [0.1, 0.15) is 40.8 Å². The van der Waals surface area contributed by atoms with E-state index >= 15 is 0 Å². The minimum absolute atomic E-state index is 0.0753. The van der Waals surface area contributed by atoms with E-state index < -0.39 is 18.3 Å². The van der Waals surface area contributed by atoms with Gasteiger partial charge in [0, 0.05) is 18.5 Å². The summed E-state index contributed by atoms with van der Waals surface area (Å²) in [6.07, 6.45) is -3.42. The minimum atomic E-state index is -4.47. The van der Waals surface area contributed by atoms with Crippen molar-refractivity contribution in [2.24, 2.45) is 0 Å². The first kappa shape index (κ1) is 22.7. The summed E-state index contributed by atoms with van der Waals surface area (Å²) in [4.78, 5) is 12.5. The molecule has 3 aromatic rings. The van der Waals surface area contributed by atoms with Crippen molar-refractivity contribution in [1.82, 2.24) is 15.1 Å². The lowest BCUT2D eigenvalue weighted by molar-refractivity contribution is -0.173. The summed E-state index contributed by atoms with van der Waals surface area (Å²) in [5.41, 5.74) is 3.19. The third-order valence-corrected chi connectivity index (χ3v) is 5.79. The van der Waals surface area contributed by atoms with Crippen LogP contribution in [0.4, 0.5) is 19.0 Å². The molecule has 2 atom stereocenters. The molecule has 33 heavy (non-hydrogen) atoms. The lowest BCUT2D eigenvalue weighted by atomic mass is 9.96. The summed E-state index contributed by atoms with van der Waals surface area (Å²) >= 11 is 0. The van der Waals surface area contributed by atoms with Crippen molar-refractivity contribution in [2.75, 3.05) is 12.4 Å². The van der Waals surface area contributed by atoms with E-state index in [9.17, 15) is 18.0 Å². The van der Waals surface area contributed by atoms with Crippen molar-refractivity contribution in [1.29, 1.82) is 0 Å². The van der Waals surface area contributed by atoms with Crippen molar-refractivity contribution in [3.05, 3.63) is 77.0 Å². The summed E-state index contributed by atoms with van der Waals surface area (Å²) in [6, 6.07) is 12.3. The summed E-state index contributed by atoms with van der Waals surface area (Å²) in [7, 11) is 1.53. The van der Waals surface area contributed by atoms with Gasteiger partial charge in [-0.05, 0) is 30.2 Å². The number of alkyl halides is 3. The standard InChI is InChI=1S/C24H25F3N4O2/c1-15-3-5-16(6-4-15)13-28-22(32)11-18-14-29-31-21(24(25,26)27)12-20(30-23(18)31)17-7-9-19(33-2)10-8-17/h3-10,14,20-21,30H,11-13H2,1-2H3,(H,28,32)/t20-,21+/m1/s1. The molecule has 0 saturated carbocycles. The first-order valence-electron chi connectivity index (χ1n) is 10.6. The van der Waals surface area contributed by atoms with Gasteiger partial charge in [-0.1, -0.05) is 42.0 Å². The molecule has 6 nitrogen and oxygen atoms in total. The van der Waals surface area contributed by atoms with Crippen molar-refractivity contribution >= 4 is 11.7 Å². The largest absolute Gasteiger partial charge is 0.497 e. The Morgan fingerprint density at radius 1 is 1.18 bits per heavy atom. The third-order valence-electron chi connectivity index (χ3n) is 5.79. The molecule has 9 heteroatoms. The van der Waals surface area contributed by atoms with E-state index in [-0.39, 0.29) is 24.6 Å². The summed E-state index contributed by atoms with van der Waals surface area (Å²) in [6.45, 7) is 2.32. The molecule has 174 valence electrons. The molecule has 2 aromatic carbocycles. The Labute approximate surface area is 189 Å². The molecule has 1 aromatic heterocycles. The normalized spacial score (nSPS) is 17.7. The SMILES string of the molecule is COc1ccc([C@H]2C[C@@H](C(F)(F)F)n3ncc(CC(=O)NCc4ccc(C)cc4)c3N2)cc1. The topological polar surface area (TPSA) is 68.2 Å². The molecular formula is C24H25F3N4O2. The van der Waals surface area contributed by atoms with Gasteiger partial charge in [0.2, 0.25) is 5.91 Å². The fourth-order valence-electron chi connectivity index (χ4n) is 3.94. The number of carbonyl (C=O) groups is 1. The Hall–Kier alpha value is -3.49. The number of amides is 1. The quantitative estimate of drug-likeness (QED) is 0.561. The maximum atomic E-state index is 13.8. The lowest BCUT2D eigenvalue weighted by Gasteiger charge is -2.34. The highest BCUT2D eigenvalue weighted by molar-refractivity contribution is 5.80. The number of benzene rings is 2. The third kappa shape index (κ3) is 5.13. The van der Waals surface area contributed by atoms with Crippen LogP contribution in [0.2, 0.25) is 0 Å². The van der Waals surface area contributed by atoms with E-state index in [1.54, 1.807) is 24.3 Å². The van der Waals surface area contributed by atoms with E-state index in [1.165, 1.54) is 13.3 Å². The number of aryl methyl sites for hydroxylation is 1. The summed E-state index contributed by atoms with van der Waals surface area (Å²) < 4.78 is 47.6. The van der Waals surface area contributed by atoms with Crippen LogP contribution < -0.4 is 15.4 Å². The maximum absolute atomic E-state index is 13.8. The van der Waals surface area contributed by atoms with Crippen molar-refractivity contribution in [3.63, 3.8) is 0 Å². The number of methoxy groups -OCH3 is 1. The minimum Gasteiger partial charge on any atom is -0.497 e. The van der Waals surface area contributed by atoms with Gasteiger partial charge >= 0.3 is 6.18 Å². The number of aromatic nitrogens is 2. The highest BCUT2D eigenvalue weighted by Gasteiger charge is 2.46. The summed E-state index contributed by atoms with van der Waals surface area (Å²) in [5, 5.41) is 9.96. The van der Waals surface area contributed by atoms with Gasteiger partial charge in [0.25, 0.3) is 0 Å². The number of hydrogen-bond acceptors (Lipinski definition) is 4. The van der Waals surface area contributed by atoms with Crippen LogP contribution in [-0.2, 0) is 17.8 Å². The molecule has 0 aliphatic carbocycles. The van der Waals surface area contributed by atoms with Crippen LogP contribution in [0.25, 0.3) is 0 Å². The summed E-state index contributed by atoms with van der Waals surface area (Å²) in [5.74, 6) is 0.552. The number of nitrogens with one attached hydrogen (secondary N) is 2. The average Bonchev–Trinajstić information content (AvgIpc) is 3.20. The van der Waals surface area contributed by atoms with Gasteiger partial charge in [-0.2, -0.15) is 18.3 Å². The predicted octanol–water partition coefficient (Wildman–Crippen LogP) is 4.72. The van der Waals surface area contributed by atoms with Crippen LogP contribution in [0.15, 0.2) is 54.7 Å². The first-order chi connectivity index (χ1) is 15.7. The molecule has 1 aliphatic heterocycles. The number of carbonyl (C=O) groups excluding carboxylic acids is 1. The van der Waals surface area contributed by atoms with Gasteiger partial charge in [-0.15, -0.1) is 0 Å². The lowest BCUT2D eigenvalue weighted by Crippen LogP contribution is -2.36. The predicted molar refractivity (Wildman–Crippen MR) is 118 cm³/mol. The van der Waals surface area contributed by atoms with Gasteiger partial charge in [0.05, 0.1) is 25.8 Å². The van der Waals surface area contributed by atoms with Crippen molar-refractivity contribution in [3.8, 4) is 5.75 Å². The van der Waals surface area contributed by atoms with Gasteiger partial charge in [0.1, 0.15) is 11.6 Å². The van der Waals surface area contributed by atoms with Crippen LogP contribution in [0.3, 0.4) is 0 Å². The number of fused-ring (bicyclic) bond motifs is 1. The number of hydrogen-bond donors (Lipinski definition) is 2. The Bertz CT molecular complexity index is 1110. The average molecular weight is 458 g/mol. The zero-order valence-electron chi connectivity index (χ0n) is 18.3. The van der Waals surface area contributed by atoms with Crippen LogP contribution in [-0.4, -0.2) is 29.0 Å². The molecule has 0 spiro atoms. The van der Waals surface area contributed by atoms with Crippen LogP contribution >= 0.6 is 0 Å². The molecule has 4 rings (SSSR count). The second-order valence-electron chi connectivity index (χ2n) is 8.17. The van der Waals surface area contributed by atoms with Crippen molar-refractivity contribution < 1.29 is 22.7 Å². The molecule has 2 heterocycles. The van der Waals surface area contributed by atoms with Crippen LogP contribution in [0.5, 0.6) is 5.75 Å². The van der Waals surface area contributed by atoms with Gasteiger partial charge in [-0.3, -0.25) is 4.79 Å². The molecule has 0 bridgehead atoms. The highest BCUT2D eigenvalue weighted by atomic mass is 19.4.